The maximum absolute atomic E-state index is 9.81. The van der Waals surface area contributed by atoms with Crippen LogP contribution in [0.2, 0.25) is 0 Å². The Labute approximate surface area is 58.2 Å². The Morgan fingerprint density at radius 3 is 3.30 bits per heavy atom. The SMILES string of the molecule is CCn1nccc1N=C=O. The topological polar surface area (TPSA) is 47.2 Å². The highest BCUT2D eigenvalue weighted by Gasteiger charge is 1.94. The van der Waals surface area contributed by atoms with Crippen molar-refractivity contribution < 1.29 is 4.79 Å². The lowest BCUT2D eigenvalue weighted by molar-refractivity contribution is 0.564. The van der Waals surface area contributed by atoms with Gasteiger partial charge in [-0.2, -0.15) is 5.10 Å². The van der Waals surface area contributed by atoms with Crippen LogP contribution in [-0.4, -0.2) is 15.9 Å². The van der Waals surface area contributed by atoms with Crippen LogP contribution in [0.4, 0.5) is 5.82 Å². The third kappa shape index (κ3) is 1.11. The number of aromatic nitrogens is 2. The van der Waals surface area contributed by atoms with Gasteiger partial charge in [-0.05, 0) is 6.92 Å². The zero-order valence-corrected chi connectivity index (χ0v) is 5.61. The van der Waals surface area contributed by atoms with E-state index in [1.54, 1.807) is 16.9 Å². The lowest BCUT2D eigenvalue weighted by atomic mass is 10.6. The molecule has 0 aliphatic carbocycles. The fourth-order valence-corrected chi connectivity index (χ4v) is 0.711. The molecule has 0 fully saturated rings. The monoisotopic (exact) mass is 137 g/mol. The molecule has 0 unspecified atom stereocenters. The predicted octanol–water partition coefficient (Wildman–Crippen LogP) is 0.870. The molecular weight excluding hydrogens is 130 g/mol. The molecule has 0 bridgehead atoms. The van der Waals surface area contributed by atoms with Crippen molar-refractivity contribution in [2.75, 3.05) is 0 Å². The van der Waals surface area contributed by atoms with Crippen molar-refractivity contribution in [3.8, 4) is 0 Å². The molecule has 0 N–H and O–H groups in total. The number of isocyanates is 1. The first-order chi connectivity index (χ1) is 4.88. The number of rotatable bonds is 2. The van der Waals surface area contributed by atoms with Crippen molar-refractivity contribution >= 4 is 11.9 Å². The molecule has 0 spiro atoms. The smallest absolute Gasteiger partial charge is 0.242 e. The molecule has 52 valence electrons. The molecule has 4 heteroatoms. The quantitative estimate of drug-likeness (QED) is 0.448. The summed E-state index contributed by atoms with van der Waals surface area (Å²) in [6, 6.07) is 1.66. The van der Waals surface area contributed by atoms with E-state index in [0.717, 1.165) is 0 Å². The van der Waals surface area contributed by atoms with E-state index in [9.17, 15) is 4.79 Å². The van der Waals surface area contributed by atoms with E-state index in [2.05, 4.69) is 10.1 Å². The lowest BCUT2D eigenvalue weighted by Gasteiger charge is -1.94. The minimum absolute atomic E-state index is 0.553. The molecule has 0 aromatic carbocycles. The maximum atomic E-state index is 9.81. The van der Waals surface area contributed by atoms with Crippen molar-refractivity contribution in [2.45, 2.75) is 13.5 Å². The molecular formula is C6H7N3O. The lowest BCUT2D eigenvalue weighted by Crippen LogP contribution is -1.94. The highest BCUT2D eigenvalue weighted by atomic mass is 16.1. The largest absolute Gasteiger partial charge is 0.247 e. The average Bonchev–Trinajstić information content (AvgIpc) is 2.36. The Morgan fingerprint density at radius 2 is 2.70 bits per heavy atom. The zero-order valence-electron chi connectivity index (χ0n) is 5.61. The molecule has 0 saturated carbocycles. The third-order valence-corrected chi connectivity index (χ3v) is 1.15. The number of aryl methyl sites for hydroxylation is 1. The van der Waals surface area contributed by atoms with Gasteiger partial charge in [0.2, 0.25) is 6.08 Å². The molecule has 0 amide bonds. The van der Waals surface area contributed by atoms with Gasteiger partial charge in [0, 0.05) is 12.6 Å². The van der Waals surface area contributed by atoms with Gasteiger partial charge in [0.25, 0.3) is 0 Å². The third-order valence-electron chi connectivity index (χ3n) is 1.15. The second-order valence-electron chi connectivity index (χ2n) is 1.71. The first-order valence-electron chi connectivity index (χ1n) is 2.98. The summed E-state index contributed by atoms with van der Waals surface area (Å²) < 4.78 is 1.62. The summed E-state index contributed by atoms with van der Waals surface area (Å²) in [5.74, 6) is 0.553. The molecule has 0 atom stereocenters. The van der Waals surface area contributed by atoms with Crippen molar-refractivity contribution in [2.24, 2.45) is 4.99 Å². The van der Waals surface area contributed by atoms with E-state index in [4.69, 9.17) is 0 Å². The molecule has 4 nitrogen and oxygen atoms in total. The molecule has 0 aliphatic rings. The minimum Gasteiger partial charge on any atom is -0.247 e. The van der Waals surface area contributed by atoms with Gasteiger partial charge in [-0.1, -0.05) is 0 Å². The van der Waals surface area contributed by atoms with Gasteiger partial charge in [0.15, 0.2) is 5.82 Å². The van der Waals surface area contributed by atoms with Crippen LogP contribution in [0, 0.1) is 0 Å². The zero-order chi connectivity index (χ0) is 7.40. The highest BCUT2D eigenvalue weighted by Crippen LogP contribution is 2.07. The standard InChI is InChI=1S/C6H7N3O/c1-2-9-6(7-5-10)3-4-8-9/h3-4H,2H2,1H3. The van der Waals surface area contributed by atoms with E-state index < -0.39 is 0 Å². The van der Waals surface area contributed by atoms with Crippen molar-refractivity contribution in [1.82, 2.24) is 9.78 Å². The van der Waals surface area contributed by atoms with E-state index in [1.165, 1.54) is 6.08 Å². The molecule has 1 rings (SSSR count). The molecule has 10 heavy (non-hydrogen) atoms. The van der Waals surface area contributed by atoms with Crippen molar-refractivity contribution in [3.63, 3.8) is 0 Å². The van der Waals surface area contributed by atoms with E-state index in [1.807, 2.05) is 6.92 Å². The van der Waals surface area contributed by atoms with Crippen LogP contribution in [0.1, 0.15) is 6.92 Å². The summed E-state index contributed by atoms with van der Waals surface area (Å²) in [6.07, 6.45) is 3.06. The number of carbonyl (C=O) groups excluding carboxylic acids is 1. The van der Waals surface area contributed by atoms with Gasteiger partial charge >= 0.3 is 0 Å². The van der Waals surface area contributed by atoms with Gasteiger partial charge in [-0.3, -0.25) is 0 Å². The Morgan fingerprint density at radius 1 is 1.90 bits per heavy atom. The first-order valence-corrected chi connectivity index (χ1v) is 2.98. The Kier molecular flexibility index (Phi) is 1.97. The van der Waals surface area contributed by atoms with Gasteiger partial charge in [0.1, 0.15) is 0 Å². The van der Waals surface area contributed by atoms with Crippen LogP contribution in [0.3, 0.4) is 0 Å². The van der Waals surface area contributed by atoms with Gasteiger partial charge in [-0.25, -0.2) is 9.48 Å². The summed E-state index contributed by atoms with van der Waals surface area (Å²) in [5, 5.41) is 3.90. The highest BCUT2D eigenvalue weighted by molar-refractivity contribution is 5.43. The predicted molar refractivity (Wildman–Crippen MR) is 35.7 cm³/mol. The molecule has 0 radical (unpaired) electrons. The second kappa shape index (κ2) is 2.94. The van der Waals surface area contributed by atoms with Gasteiger partial charge < -0.3 is 0 Å². The molecule has 0 saturated heterocycles. The summed E-state index contributed by atoms with van der Waals surface area (Å²) in [5.41, 5.74) is 0. The number of nitrogens with zero attached hydrogens (tertiary/aromatic N) is 3. The van der Waals surface area contributed by atoms with Crippen LogP contribution in [0.25, 0.3) is 0 Å². The summed E-state index contributed by atoms with van der Waals surface area (Å²) in [7, 11) is 0. The number of hydrogen-bond donors (Lipinski definition) is 0. The molecule has 0 aliphatic heterocycles. The summed E-state index contributed by atoms with van der Waals surface area (Å²) in [6.45, 7) is 2.64. The normalized spacial score (nSPS) is 8.90. The van der Waals surface area contributed by atoms with Gasteiger partial charge in [0.05, 0.1) is 6.20 Å². The van der Waals surface area contributed by atoms with Crippen LogP contribution in [0.5, 0.6) is 0 Å². The maximum Gasteiger partial charge on any atom is 0.242 e. The van der Waals surface area contributed by atoms with Gasteiger partial charge in [-0.15, -0.1) is 4.99 Å². The fraction of sp³-hybridized carbons (Fsp3) is 0.333. The molecule has 1 aromatic heterocycles. The van der Waals surface area contributed by atoms with Crippen LogP contribution >= 0.6 is 0 Å². The van der Waals surface area contributed by atoms with E-state index in [-0.39, 0.29) is 0 Å². The Balaban J connectivity index is 3.00. The van der Waals surface area contributed by atoms with Crippen LogP contribution in [0.15, 0.2) is 17.3 Å². The number of aliphatic imine (C=N–C) groups is 1. The van der Waals surface area contributed by atoms with Crippen molar-refractivity contribution in [1.29, 1.82) is 0 Å². The fourth-order valence-electron chi connectivity index (χ4n) is 0.711. The second-order valence-corrected chi connectivity index (χ2v) is 1.71. The molecule has 1 heterocycles. The Bertz CT molecular complexity index is 260. The molecule has 1 aromatic rings. The Hall–Kier alpha value is -1.41. The van der Waals surface area contributed by atoms with Crippen molar-refractivity contribution in [3.05, 3.63) is 12.3 Å². The summed E-state index contributed by atoms with van der Waals surface area (Å²) >= 11 is 0. The van der Waals surface area contributed by atoms with Crippen LogP contribution in [-0.2, 0) is 11.3 Å². The van der Waals surface area contributed by atoms with Crippen LogP contribution < -0.4 is 0 Å². The first kappa shape index (κ1) is 6.71. The van der Waals surface area contributed by atoms with E-state index >= 15 is 0 Å². The summed E-state index contributed by atoms with van der Waals surface area (Å²) in [4.78, 5) is 13.2. The van der Waals surface area contributed by atoms with E-state index in [0.29, 0.717) is 12.4 Å². The average molecular weight is 137 g/mol. The minimum atomic E-state index is 0.553. The number of hydrogen-bond acceptors (Lipinski definition) is 3.